The van der Waals surface area contributed by atoms with E-state index in [9.17, 15) is 14.4 Å². The quantitative estimate of drug-likeness (QED) is 0.410. The first kappa shape index (κ1) is 19.7. The number of carbonyl (C=O) groups is 3. The van der Waals surface area contributed by atoms with Gasteiger partial charge in [-0.05, 0) is 61.9 Å². The van der Waals surface area contributed by atoms with Crippen LogP contribution in [0.4, 0.5) is 0 Å². The fourth-order valence-corrected chi connectivity index (χ4v) is 2.34. The molecule has 2 rings (SSSR count). The number of rotatable bonds is 7. The molecule has 0 radical (unpaired) electrons. The Bertz CT molecular complexity index is 773. The summed E-state index contributed by atoms with van der Waals surface area (Å²) in [5.74, 6) is -0.0454. The largest absolute Gasteiger partial charge is 0.494 e. The molecule has 2 aromatic carbocycles. The minimum Gasteiger partial charge on any atom is -0.494 e. The molecule has 0 aliphatic carbocycles. The maximum atomic E-state index is 11.9. The third kappa shape index (κ3) is 6.33. The molecular formula is C19H19BrN2O4. The summed E-state index contributed by atoms with van der Waals surface area (Å²) in [6.07, 6.45) is 0.709. The van der Waals surface area contributed by atoms with E-state index in [0.717, 1.165) is 4.47 Å². The normalized spacial score (nSPS) is 10.1. The number of amides is 2. The van der Waals surface area contributed by atoms with Crippen LogP contribution in [0.5, 0.6) is 5.75 Å². The smallest absolute Gasteiger partial charge is 0.269 e. The molecule has 0 aliphatic rings. The number of ketones is 1. The van der Waals surface area contributed by atoms with Gasteiger partial charge in [-0.2, -0.15) is 0 Å². The first-order valence-electron chi connectivity index (χ1n) is 8.04. The Kier molecular flexibility index (Phi) is 7.35. The van der Waals surface area contributed by atoms with Crippen LogP contribution >= 0.6 is 15.9 Å². The highest BCUT2D eigenvalue weighted by atomic mass is 79.9. The van der Waals surface area contributed by atoms with Gasteiger partial charge in [-0.1, -0.05) is 15.9 Å². The molecule has 0 heterocycles. The molecule has 2 aromatic rings. The van der Waals surface area contributed by atoms with E-state index in [1.807, 2.05) is 0 Å². The summed E-state index contributed by atoms with van der Waals surface area (Å²) in [6.45, 7) is 1.86. The summed E-state index contributed by atoms with van der Waals surface area (Å²) in [5, 5.41) is 0. The molecule has 0 spiro atoms. The van der Waals surface area contributed by atoms with Crippen LogP contribution in [0.2, 0.25) is 0 Å². The number of benzene rings is 2. The molecular weight excluding hydrogens is 400 g/mol. The Morgan fingerprint density at radius 2 is 1.54 bits per heavy atom. The second-order valence-corrected chi connectivity index (χ2v) is 6.46. The van der Waals surface area contributed by atoms with E-state index >= 15 is 0 Å². The van der Waals surface area contributed by atoms with Crippen molar-refractivity contribution in [3.63, 3.8) is 0 Å². The third-order valence-electron chi connectivity index (χ3n) is 3.50. The number of Topliss-reactive ketones (excluding diaryl/α,β-unsaturated/α-hetero) is 1. The number of halogens is 1. The zero-order chi connectivity index (χ0) is 18.9. The van der Waals surface area contributed by atoms with Crippen molar-refractivity contribution in [3.8, 4) is 5.75 Å². The molecule has 0 saturated heterocycles. The van der Waals surface area contributed by atoms with Crippen LogP contribution < -0.4 is 15.6 Å². The minimum absolute atomic E-state index is 0.00148. The molecule has 26 heavy (non-hydrogen) atoms. The van der Waals surface area contributed by atoms with Gasteiger partial charge in [-0.3, -0.25) is 25.2 Å². The lowest BCUT2D eigenvalue weighted by molar-refractivity contribution is -0.122. The monoisotopic (exact) mass is 418 g/mol. The van der Waals surface area contributed by atoms with Crippen molar-refractivity contribution in [2.75, 3.05) is 6.61 Å². The van der Waals surface area contributed by atoms with Gasteiger partial charge in [0.25, 0.3) is 5.91 Å². The lowest BCUT2D eigenvalue weighted by atomic mass is 10.1. The molecule has 136 valence electrons. The minimum atomic E-state index is -0.382. The number of hydrogen-bond donors (Lipinski definition) is 2. The fraction of sp³-hybridized carbons (Fsp3) is 0.211. The van der Waals surface area contributed by atoms with E-state index < -0.39 is 0 Å². The Labute approximate surface area is 160 Å². The maximum Gasteiger partial charge on any atom is 0.269 e. The third-order valence-corrected chi connectivity index (χ3v) is 4.03. The van der Waals surface area contributed by atoms with Gasteiger partial charge in [0.05, 0.1) is 6.61 Å². The zero-order valence-corrected chi connectivity index (χ0v) is 15.8. The van der Waals surface area contributed by atoms with Crippen LogP contribution in [0.15, 0.2) is 53.0 Å². The summed E-state index contributed by atoms with van der Waals surface area (Å²) in [5.41, 5.74) is 5.81. The average molecular weight is 419 g/mol. The van der Waals surface area contributed by atoms with Crippen LogP contribution in [0, 0.1) is 0 Å². The Morgan fingerprint density at radius 3 is 2.15 bits per heavy atom. The average Bonchev–Trinajstić information content (AvgIpc) is 2.64. The zero-order valence-electron chi connectivity index (χ0n) is 14.3. The van der Waals surface area contributed by atoms with Gasteiger partial charge in [0.2, 0.25) is 5.91 Å². The van der Waals surface area contributed by atoms with E-state index in [4.69, 9.17) is 4.74 Å². The molecule has 2 amide bonds. The Morgan fingerprint density at radius 1 is 0.923 bits per heavy atom. The van der Waals surface area contributed by atoms with Gasteiger partial charge in [0.1, 0.15) is 5.75 Å². The van der Waals surface area contributed by atoms with Crippen LogP contribution in [0.25, 0.3) is 0 Å². The van der Waals surface area contributed by atoms with E-state index in [1.165, 1.54) is 6.92 Å². The topological polar surface area (TPSA) is 84.5 Å². The lowest BCUT2D eigenvalue weighted by Gasteiger charge is -2.08. The van der Waals surface area contributed by atoms with Crippen LogP contribution in [0.1, 0.15) is 40.5 Å². The predicted octanol–water partition coefficient (Wildman–Crippen LogP) is 3.27. The molecule has 6 nitrogen and oxygen atoms in total. The molecule has 0 bridgehead atoms. The lowest BCUT2D eigenvalue weighted by Crippen LogP contribution is -2.41. The number of hydrazine groups is 1. The van der Waals surface area contributed by atoms with Crippen molar-refractivity contribution < 1.29 is 19.1 Å². The maximum absolute atomic E-state index is 11.9. The fourth-order valence-electron chi connectivity index (χ4n) is 2.07. The number of carbonyl (C=O) groups excluding carboxylic acids is 3. The Balaban J connectivity index is 1.65. The number of nitrogens with one attached hydrogen (secondary N) is 2. The van der Waals surface area contributed by atoms with Crippen molar-refractivity contribution in [2.45, 2.75) is 19.8 Å². The van der Waals surface area contributed by atoms with Gasteiger partial charge in [-0.25, -0.2) is 0 Å². The highest BCUT2D eigenvalue weighted by molar-refractivity contribution is 9.10. The van der Waals surface area contributed by atoms with Crippen LogP contribution in [-0.4, -0.2) is 24.2 Å². The van der Waals surface area contributed by atoms with Crippen molar-refractivity contribution in [1.82, 2.24) is 10.9 Å². The standard InChI is InChI=1S/C19H19BrN2O4/c1-13(23)14-6-10-17(11-7-14)26-12-2-3-18(24)21-22-19(25)15-4-8-16(20)9-5-15/h4-11H,2-3,12H2,1H3,(H,21,24)(H,22,25). The molecule has 0 saturated carbocycles. The predicted molar refractivity (Wildman–Crippen MR) is 101 cm³/mol. The molecule has 0 aromatic heterocycles. The molecule has 0 unspecified atom stereocenters. The van der Waals surface area contributed by atoms with E-state index in [2.05, 4.69) is 26.8 Å². The van der Waals surface area contributed by atoms with Crippen molar-refractivity contribution >= 4 is 33.5 Å². The first-order valence-corrected chi connectivity index (χ1v) is 8.83. The van der Waals surface area contributed by atoms with Crippen molar-refractivity contribution in [1.29, 1.82) is 0 Å². The van der Waals surface area contributed by atoms with Crippen molar-refractivity contribution in [2.24, 2.45) is 0 Å². The second-order valence-electron chi connectivity index (χ2n) is 5.54. The van der Waals surface area contributed by atoms with E-state index in [0.29, 0.717) is 29.9 Å². The van der Waals surface area contributed by atoms with Gasteiger partial charge in [0.15, 0.2) is 5.78 Å². The molecule has 2 N–H and O–H groups in total. The van der Waals surface area contributed by atoms with E-state index in [-0.39, 0.29) is 24.0 Å². The van der Waals surface area contributed by atoms with Crippen molar-refractivity contribution in [3.05, 3.63) is 64.1 Å². The van der Waals surface area contributed by atoms with Gasteiger partial charge < -0.3 is 4.74 Å². The summed E-state index contributed by atoms with van der Waals surface area (Å²) in [4.78, 5) is 34.8. The molecule has 0 atom stereocenters. The highest BCUT2D eigenvalue weighted by Crippen LogP contribution is 2.13. The molecule has 0 aliphatic heterocycles. The summed E-state index contributed by atoms with van der Waals surface area (Å²) in [6, 6.07) is 13.6. The summed E-state index contributed by atoms with van der Waals surface area (Å²) >= 11 is 3.29. The Hall–Kier alpha value is -2.67. The number of hydrogen-bond acceptors (Lipinski definition) is 4. The van der Waals surface area contributed by atoms with Crippen LogP contribution in [0.3, 0.4) is 0 Å². The van der Waals surface area contributed by atoms with Crippen LogP contribution in [-0.2, 0) is 4.79 Å². The first-order chi connectivity index (χ1) is 12.5. The molecule has 0 fully saturated rings. The summed E-state index contributed by atoms with van der Waals surface area (Å²) in [7, 11) is 0. The van der Waals surface area contributed by atoms with Gasteiger partial charge in [0, 0.05) is 22.0 Å². The highest BCUT2D eigenvalue weighted by Gasteiger charge is 2.07. The SMILES string of the molecule is CC(=O)c1ccc(OCCCC(=O)NNC(=O)c2ccc(Br)cc2)cc1. The van der Waals surface area contributed by atoms with E-state index in [1.54, 1.807) is 48.5 Å². The van der Waals surface area contributed by atoms with Gasteiger partial charge in [-0.15, -0.1) is 0 Å². The second kappa shape index (κ2) is 9.72. The van der Waals surface area contributed by atoms with Gasteiger partial charge >= 0.3 is 0 Å². The summed E-state index contributed by atoms with van der Waals surface area (Å²) < 4.78 is 6.38. The number of ether oxygens (including phenoxy) is 1. The molecule has 7 heteroatoms.